The Morgan fingerprint density at radius 3 is 2.45 bits per heavy atom. The van der Waals surface area contributed by atoms with Crippen LogP contribution in [-0.4, -0.2) is 18.5 Å². The van der Waals surface area contributed by atoms with Crippen LogP contribution in [0.15, 0.2) is 18.2 Å². The molecule has 0 unspecified atom stereocenters. The number of hydrogen-bond acceptors (Lipinski definition) is 2. The lowest BCUT2D eigenvalue weighted by Crippen LogP contribution is -2.34. The summed E-state index contributed by atoms with van der Waals surface area (Å²) in [5.41, 5.74) is 4.49. The molecular formula is C13H16ClF3N2O. The molecule has 0 saturated heterocycles. The first-order valence-electron chi connectivity index (χ1n) is 6.02. The Balaban J connectivity index is 3.12. The number of halogens is 4. The van der Waals surface area contributed by atoms with Gasteiger partial charge in [0.25, 0.3) is 0 Å². The largest absolute Gasteiger partial charge is 0.417 e. The molecule has 0 aromatic heterocycles. The van der Waals surface area contributed by atoms with Gasteiger partial charge in [-0.1, -0.05) is 31.5 Å². The predicted molar refractivity (Wildman–Crippen MR) is 71.5 cm³/mol. The molecule has 3 nitrogen and oxygen atoms in total. The van der Waals surface area contributed by atoms with E-state index < -0.39 is 28.6 Å². The molecule has 0 radical (unpaired) electrons. The molecule has 0 spiro atoms. The molecule has 0 aliphatic carbocycles. The van der Waals surface area contributed by atoms with Crippen LogP contribution >= 0.6 is 11.6 Å². The third-order valence-electron chi connectivity index (χ3n) is 2.77. The van der Waals surface area contributed by atoms with Gasteiger partial charge < -0.3 is 11.1 Å². The molecule has 0 saturated carbocycles. The minimum Gasteiger partial charge on any atom is -0.369 e. The number of carbonyl (C=O) groups is 1. The van der Waals surface area contributed by atoms with Gasteiger partial charge in [-0.2, -0.15) is 13.2 Å². The first kappa shape index (κ1) is 16.8. The van der Waals surface area contributed by atoms with Gasteiger partial charge in [0.2, 0.25) is 5.91 Å². The SMILES string of the molecule is CC(C)NC[C@@H](C(N)=O)c1ccc(Cl)c(C(F)(F)F)c1. The first-order chi connectivity index (χ1) is 9.12. The minimum absolute atomic E-state index is 0.0891. The number of amides is 1. The molecule has 1 atom stereocenters. The maximum Gasteiger partial charge on any atom is 0.417 e. The summed E-state index contributed by atoms with van der Waals surface area (Å²) in [5.74, 6) is -1.52. The number of alkyl halides is 3. The lowest BCUT2D eigenvalue weighted by atomic mass is 9.96. The fourth-order valence-corrected chi connectivity index (χ4v) is 1.94. The summed E-state index contributed by atoms with van der Waals surface area (Å²) in [6, 6.07) is 3.48. The zero-order valence-electron chi connectivity index (χ0n) is 11.1. The van der Waals surface area contributed by atoms with Crippen LogP contribution in [0.3, 0.4) is 0 Å². The second kappa shape index (κ2) is 6.45. The van der Waals surface area contributed by atoms with E-state index in [1.165, 1.54) is 6.07 Å². The van der Waals surface area contributed by atoms with E-state index in [2.05, 4.69) is 5.32 Å². The highest BCUT2D eigenvalue weighted by atomic mass is 35.5. The van der Waals surface area contributed by atoms with Crippen LogP contribution in [-0.2, 0) is 11.0 Å². The fourth-order valence-electron chi connectivity index (χ4n) is 1.71. The fraction of sp³-hybridized carbons (Fsp3) is 0.462. The van der Waals surface area contributed by atoms with E-state index in [-0.39, 0.29) is 18.2 Å². The molecule has 7 heteroatoms. The second-order valence-electron chi connectivity index (χ2n) is 4.75. The summed E-state index contributed by atoms with van der Waals surface area (Å²) in [6.45, 7) is 3.90. The highest BCUT2D eigenvalue weighted by Crippen LogP contribution is 2.36. The van der Waals surface area contributed by atoms with Crippen LogP contribution in [0.4, 0.5) is 13.2 Å². The van der Waals surface area contributed by atoms with Crippen LogP contribution < -0.4 is 11.1 Å². The normalized spacial score (nSPS) is 13.6. The van der Waals surface area contributed by atoms with Gasteiger partial charge in [-0.25, -0.2) is 0 Å². The van der Waals surface area contributed by atoms with E-state index in [0.717, 1.165) is 12.1 Å². The van der Waals surface area contributed by atoms with Crippen molar-refractivity contribution in [3.05, 3.63) is 34.3 Å². The molecule has 0 bridgehead atoms. The molecular weight excluding hydrogens is 293 g/mol. The second-order valence-corrected chi connectivity index (χ2v) is 5.16. The van der Waals surface area contributed by atoms with Crippen molar-refractivity contribution in [1.29, 1.82) is 0 Å². The van der Waals surface area contributed by atoms with Crippen molar-refractivity contribution in [3.63, 3.8) is 0 Å². The highest BCUT2D eigenvalue weighted by Gasteiger charge is 2.34. The Bertz CT molecular complexity index is 489. The first-order valence-corrected chi connectivity index (χ1v) is 6.40. The molecule has 112 valence electrons. The number of primary amides is 1. The number of rotatable bonds is 5. The van der Waals surface area contributed by atoms with E-state index >= 15 is 0 Å². The number of carbonyl (C=O) groups excluding carboxylic acids is 1. The maximum atomic E-state index is 12.8. The maximum absolute atomic E-state index is 12.8. The molecule has 1 amide bonds. The Labute approximate surface area is 120 Å². The van der Waals surface area contributed by atoms with E-state index in [1.807, 2.05) is 13.8 Å². The average molecular weight is 309 g/mol. The van der Waals surface area contributed by atoms with Gasteiger partial charge in [0.15, 0.2) is 0 Å². The average Bonchev–Trinajstić information content (AvgIpc) is 2.28. The Hall–Kier alpha value is -1.27. The van der Waals surface area contributed by atoms with Crippen LogP contribution in [0.5, 0.6) is 0 Å². The lowest BCUT2D eigenvalue weighted by molar-refractivity contribution is -0.137. The summed E-state index contributed by atoms with van der Waals surface area (Å²) < 4.78 is 38.4. The quantitative estimate of drug-likeness (QED) is 0.878. The zero-order valence-corrected chi connectivity index (χ0v) is 11.8. The Kier molecular flexibility index (Phi) is 5.42. The van der Waals surface area contributed by atoms with Crippen LogP contribution in [0.2, 0.25) is 5.02 Å². The predicted octanol–water partition coefficient (Wildman–Crippen LogP) is 2.93. The standard InChI is InChI=1S/C13H16ClF3N2O/c1-7(2)19-6-9(12(18)20)8-3-4-11(14)10(5-8)13(15,16)17/h3-5,7,9,19H,6H2,1-2H3,(H2,18,20)/t9-/m1/s1. The molecule has 1 aromatic carbocycles. The summed E-state index contributed by atoms with van der Waals surface area (Å²) >= 11 is 5.54. The molecule has 1 rings (SSSR count). The van der Waals surface area contributed by atoms with E-state index in [4.69, 9.17) is 17.3 Å². The van der Waals surface area contributed by atoms with Crippen molar-refractivity contribution in [1.82, 2.24) is 5.32 Å². The van der Waals surface area contributed by atoms with E-state index in [0.29, 0.717) is 0 Å². The number of benzene rings is 1. The third-order valence-corrected chi connectivity index (χ3v) is 3.10. The lowest BCUT2D eigenvalue weighted by Gasteiger charge is -2.18. The van der Waals surface area contributed by atoms with Gasteiger partial charge in [-0.3, -0.25) is 4.79 Å². The Morgan fingerprint density at radius 1 is 1.40 bits per heavy atom. The third kappa shape index (κ3) is 4.38. The van der Waals surface area contributed by atoms with Crippen LogP contribution in [0.25, 0.3) is 0 Å². The molecule has 20 heavy (non-hydrogen) atoms. The Morgan fingerprint density at radius 2 is 2.00 bits per heavy atom. The van der Waals surface area contributed by atoms with Crippen molar-refractivity contribution in [2.75, 3.05) is 6.54 Å². The minimum atomic E-state index is -4.57. The van der Waals surface area contributed by atoms with Crippen molar-refractivity contribution in [2.45, 2.75) is 32.0 Å². The van der Waals surface area contributed by atoms with Crippen molar-refractivity contribution >= 4 is 17.5 Å². The molecule has 0 aliphatic rings. The van der Waals surface area contributed by atoms with Crippen molar-refractivity contribution < 1.29 is 18.0 Å². The van der Waals surface area contributed by atoms with Crippen molar-refractivity contribution in [3.8, 4) is 0 Å². The van der Waals surface area contributed by atoms with E-state index in [9.17, 15) is 18.0 Å². The van der Waals surface area contributed by atoms with Gasteiger partial charge in [0, 0.05) is 12.6 Å². The number of hydrogen-bond donors (Lipinski definition) is 2. The topological polar surface area (TPSA) is 55.1 Å². The van der Waals surface area contributed by atoms with Gasteiger partial charge in [-0.15, -0.1) is 0 Å². The summed E-state index contributed by atoms with van der Waals surface area (Å²) in [7, 11) is 0. The summed E-state index contributed by atoms with van der Waals surface area (Å²) in [5, 5.41) is 2.58. The van der Waals surface area contributed by atoms with E-state index in [1.54, 1.807) is 0 Å². The smallest absolute Gasteiger partial charge is 0.369 e. The number of nitrogens with two attached hydrogens (primary N) is 1. The van der Waals surface area contributed by atoms with Crippen LogP contribution in [0, 0.1) is 0 Å². The van der Waals surface area contributed by atoms with Gasteiger partial charge in [0.05, 0.1) is 16.5 Å². The number of nitrogens with one attached hydrogen (secondary N) is 1. The molecule has 0 heterocycles. The van der Waals surface area contributed by atoms with Gasteiger partial charge in [-0.05, 0) is 17.7 Å². The highest BCUT2D eigenvalue weighted by molar-refractivity contribution is 6.31. The van der Waals surface area contributed by atoms with Gasteiger partial charge in [0.1, 0.15) is 0 Å². The summed E-state index contributed by atoms with van der Waals surface area (Å²) in [6.07, 6.45) is -4.57. The molecule has 0 aliphatic heterocycles. The summed E-state index contributed by atoms with van der Waals surface area (Å²) in [4.78, 5) is 11.4. The zero-order chi connectivity index (χ0) is 15.5. The molecule has 0 fully saturated rings. The van der Waals surface area contributed by atoms with Crippen molar-refractivity contribution in [2.24, 2.45) is 5.73 Å². The molecule has 3 N–H and O–H groups in total. The van der Waals surface area contributed by atoms with Gasteiger partial charge >= 0.3 is 6.18 Å². The molecule has 1 aromatic rings. The van der Waals surface area contributed by atoms with Crippen LogP contribution in [0.1, 0.15) is 30.9 Å². The monoisotopic (exact) mass is 308 g/mol.